The van der Waals surface area contributed by atoms with E-state index < -0.39 is 0 Å². The van der Waals surface area contributed by atoms with E-state index >= 15 is 0 Å². The van der Waals surface area contributed by atoms with Crippen molar-refractivity contribution in [3.05, 3.63) is 35.4 Å². The number of hydrogen-bond acceptors (Lipinski definition) is 1. The molecule has 1 aliphatic rings. The molecule has 74 valence electrons. The molecular formula is C13H16O. The fraction of sp³-hybridized carbons (Fsp3) is 0.385. The van der Waals surface area contributed by atoms with Gasteiger partial charge in [0.2, 0.25) is 0 Å². The normalized spacial score (nSPS) is 19.3. The molecule has 0 spiro atoms. The van der Waals surface area contributed by atoms with Crippen LogP contribution in [-0.4, -0.2) is 6.10 Å². The van der Waals surface area contributed by atoms with E-state index in [1.54, 1.807) is 0 Å². The highest BCUT2D eigenvalue weighted by molar-refractivity contribution is 5.62. The van der Waals surface area contributed by atoms with E-state index in [0.29, 0.717) is 5.92 Å². The van der Waals surface area contributed by atoms with E-state index in [1.807, 2.05) is 0 Å². The predicted octanol–water partition coefficient (Wildman–Crippen LogP) is 3.60. The highest BCUT2D eigenvalue weighted by atomic mass is 16.5. The number of para-hydroxylation sites is 1. The van der Waals surface area contributed by atoms with Crippen molar-refractivity contribution < 1.29 is 4.74 Å². The minimum Gasteiger partial charge on any atom is -0.486 e. The maximum absolute atomic E-state index is 5.84. The molecule has 1 aliphatic heterocycles. The predicted molar refractivity (Wildman–Crippen MR) is 59.7 cm³/mol. The summed E-state index contributed by atoms with van der Waals surface area (Å²) in [6, 6.07) is 6.34. The van der Waals surface area contributed by atoms with Crippen molar-refractivity contribution in [3.63, 3.8) is 0 Å². The van der Waals surface area contributed by atoms with Gasteiger partial charge in [-0.15, -0.1) is 0 Å². The van der Waals surface area contributed by atoms with Gasteiger partial charge in [0.1, 0.15) is 11.9 Å². The van der Waals surface area contributed by atoms with Gasteiger partial charge in [-0.25, -0.2) is 0 Å². The molecule has 1 aromatic carbocycles. The van der Waals surface area contributed by atoms with Gasteiger partial charge in [-0.3, -0.25) is 0 Å². The van der Waals surface area contributed by atoms with E-state index in [2.05, 4.69) is 51.1 Å². The molecule has 0 N–H and O–H groups in total. The van der Waals surface area contributed by atoms with Gasteiger partial charge in [-0.2, -0.15) is 0 Å². The molecule has 14 heavy (non-hydrogen) atoms. The summed E-state index contributed by atoms with van der Waals surface area (Å²) in [5, 5.41) is 0. The van der Waals surface area contributed by atoms with Crippen molar-refractivity contribution in [1.82, 2.24) is 0 Å². The largest absolute Gasteiger partial charge is 0.486 e. The molecule has 0 aromatic heterocycles. The van der Waals surface area contributed by atoms with Crippen molar-refractivity contribution in [1.29, 1.82) is 0 Å². The summed E-state index contributed by atoms with van der Waals surface area (Å²) in [5.41, 5.74) is 2.51. The summed E-state index contributed by atoms with van der Waals surface area (Å²) in [5.74, 6) is 1.58. The first kappa shape index (κ1) is 9.32. The second-order valence-electron chi connectivity index (χ2n) is 4.10. The van der Waals surface area contributed by atoms with E-state index in [0.717, 1.165) is 5.75 Å². The van der Waals surface area contributed by atoms with Gasteiger partial charge in [0, 0.05) is 5.56 Å². The fourth-order valence-electron chi connectivity index (χ4n) is 1.76. The zero-order chi connectivity index (χ0) is 10.1. The van der Waals surface area contributed by atoms with Crippen LogP contribution in [0.5, 0.6) is 5.75 Å². The third-order valence-corrected chi connectivity index (χ3v) is 2.55. The van der Waals surface area contributed by atoms with Crippen molar-refractivity contribution >= 4 is 6.08 Å². The first-order valence-corrected chi connectivity index (χ1v) is 5.16. The molecule has 1 aromatic rings. The Bertz CT molecular complexity index is 363. The van der Waals surface area contributed by atoms with Crippen molar-refractivity contribution in [3.8, 4) is 5.75 Å². The lowest BCUT2D eigenvalue weighted by atomic mass is 9.97. The molecule has 0 saturated carbocycles. The third-order valence-electron chi connectivity index (χ3n) is 2.55. The minimum atomic E-state index is 0.197. The van der Waals surface area contributed by atoms with Crippen LogP contribution in [0.2, 0.25) is 0 Å². The number of ether oxygens (including phenoxy) is 1. The lowest BCUT2D eigenvalue weighted by molar-refractivity contribution is 0.262. The summed E-state index contributed by atoms with van der Waals surface area (Å²) < 4.78 is 5.84. The maximum atomic E-state index is 5.84. The highest BCUT2D eigenvalue weighted by Crippen LogP contribution is 2.34. The molecule has 0 bridgehead atoms. The lowest BCUT2D eigenvalue weighted by Gasteiger charge is -2.22. The molecule has 0 saturated heterocycles. The van der Waals surface area contributed by atoms with E-state index in [1.165, 1.54) is 11.1 Å². The zero-order valence-corrected chi connectivity index (χ0v) is 8.95. The summed E-state index contributed by atoms with van der Waals surface area (Å²) in [6.07, 6.45) is 4.43. The van der Waals surface area contributed by atoms with Gasteiger partial charge in [0.05, 0.1) is 0 Å². The topological polar surface area (TPSA) is 9.23 Å². The summed E-state index contributed by atoms with van der Waals surface area (Å²) in [7, 11) is 0. The molecule has 0 radical (unpaired) electrons. The molecule has 1 unspecified atom stereocenters. The van der Waals surface area contributed by atoms with Crippen LogP contribution in [0.1, 0.15) is 37.8 Å². The monoisotopic (exact) mass is 188 g/mol. The first-order chi connectivity index (χ1) is 6.68. The van der Waals surface area contributed by atoms with Crippen LogP contribution >= 0.6 is 0 Å². The Morgan fingerprint density at radius 2 is 2.07 bits per heavy atom. The standard InChI is InChI=1S/C13H16O/c1-9(2)12-6-4-5-11-8-7-10(3)14-13(11)12/h4-10H,1-3H3. The molecule has 2 rings (SSSR count). The molecule has 1 atom stereocenters. The SMILES string of the molecule is CC1C=Cc2cccc(C(C)C)c2O1. The summed E-state index contributed by atoms with van der Waals surface area (Å²) in [4.78, 5) is 0. The van der Waals surface area contributed by atoms with Gasteiger partial charge < -0.3 is 4.74 Å². The molecule has 1 heteroatoms. The van der Waals surface area contributed by atoms with E-state index in [-0.39, 0.29) is 6.10 Å². The number of fused-ring (bicyclic) bond motifs is 1. The smallest absolute Gasteiger partial charge is 0.130 e. The second-order valence-corrected chi connectivity index (χ2v) is 4.10. The quantitative estimate of drug-likeness (QED) is 0.654. The third kappa shape index (κ3) is 1.54. The minimum absolute atomic E-state index is 0.197. The molecule has 0 fully saturated rings. The summed E-state index contributed by atoms with van der Waals surface area (Å²) >= 11 is 0. The average Bonchev–Trinajstić information content (AvgIpc) is 2.16. The molecule has 0 amide bonds. The van der Waals surface area contributed by atoms with Crippen molar-refractivity contribution in [2.45, 2.75) is 32.8 Å². The van der Waals surface area contributed by atoms with Gasteiger partial charge in [0.25, 0.3) is 0 Å². The van der Waals surface area contributed by atoms with Crippen LogP contribution in [0.25, 0.3) is 6.08 Å². The van der Waals surface area contributed by atoms with Crippen LogP contribution in [-0.2, 0) is 0 Å². The Labute approximate surface area is 85.4 Å². The molecule has 1 heterocycles. The molecule has 1 nitrogen and oxygen atoms in total. The van der Waals surface area contributed by atoms with E-state index in [9.17, 15) is 0 Å². The van der Waals surface area contributed by atoms with Gasteiger partial charge in [-0.05, 0) is 24.5 Å². The molecular weight excluding hydrogens is 172 g/mol. The van der Waals surface area contributed by atoms with Crippen LogP contribution in [0.4, 0.5) is 0 Å². The van der Waals surface area contributed by atoms with Gasteiger partial charge in [-0.1, -0.05) is 38.1 Å². The Morgan fingerprint density at radius 3 is 2.79 bits per heavy atom. The summed E-state index contributed by atoms with van der Waals surface area (Å²) in [6.45, 7) is 6.46. The Hall–Kier alpha value is -1.24. The Balaban J connectivity index is 2.51. The lowest BCUT2D eigenvalue weighted by Crippen LogP contribution is -2.14. The van der Waals surface area contributed by atoms with Crippen molar-refractivity contribution in [2.75, 3.05) is 0 Å². The maximum Gasteiger partial charge on any atom is 0.130 e. The highest BCUT2D eigenvalue weighted by Gasteiger charge is 2.15. The number of hydrogen-bond donors (Lipinski definition) is 0. The van der Waals surface area contributed by atoms with Crippen LogP contribution in [0.3, 0.4) is 0 Å². The number of rotatable bonds is 1. The second kappa shape index (κ2) is 3.49. The first-order valence-electron chi connectivity index (χ1n) is 5.16. The van der Waals surface area contributed by atoms with Crippen LogP contribution in [0, 0.1) is 0 Å². The Morgan fingerprint density at radius 1 is 1.29 bits per heavy atom. The average molecular weight is 188 g/mol. The zero-order valence-electron chi connectivity index (χ0n) is 8.95. The van der Waals surface area contributed by atoms with Gasteiger partial charge >= 0.3 is 0 Å². The molecule has 0 aliphatic carbocycles. The van der Waals surface area contributed by atoms with Crippen LogP contribution in [0.15, 0.2) is 24.3 Å². The Kier molecular flexibility index (Phi) is 2.32. The van der Waals surface area contributed by atoms with Crippen LogP contribution < -0.4 is 4.74 Å². The number of benzene rings is 1. The fourth-order valence-corrected chi connectivity index (χ4v) is 1.76. The van der Waals surface area contributed by atoms with E-state index in [4.69, 9.17) is 4.74 Å². The van der Waals surface area contributed by atoms with Crippen molar-refractivity contribution in [2.24, 2.45) is 0 Å². The van der Waals surface area contributed by atoms with Gasteiger partial charge in [0.15, 0.2) is 0 Å².